The fraction of sp³-hybridized carbons (Fsp3) is 0.467. The molecule has 0 N–H and O–H groups in total. The minimum atomic E-state index is -1.49. The van der Waals surface area contributed by atoms with Crippen molar-refractivity contribution in [3.8, 4) is 33.4 Å². The molecule has 0 aromatic heterocycles. The Kier molecular flexibility index (Phi) is 17.5. The molecule has 61 heavy (non-hydrogen) atoms. The highest BCUT2D eigenvalue weighted by atomic mass is 127. The van der Waals surface area contributed by atoms with E-state index in [2.05, 4.69) is 214 Å². The van der Waals surface area contributed by atoms with Crippen LogP contribution in [0, 0.1) is 5.41 Å². The monoisotopic (exact) mass is 1160 g/mol. The normalized spacial score (nSPS) is 20.1. The molecule has 16 heteroatoms. The van der Waals surface area contributed by atoms with Gasteiger partial charge in [0, 0.05) is 3.16 Å². The van der Waals surface area contributed by atoms with Gasteiger partial charge in [0.2, 0.25) is 0 Å². The number of alkyl halides is 5. The molecule has 4 rings (SSSR count). The summed E-state index contributed by atoms with van der Waals surface area (Å²) >= 11 is 4.94. The van der Waals surface area contributed by atoms with E-state index in [1.54, 1.807) is 21.7 Å². The molecule has 14 atom stereocenters. The van der Waals surface area contributed by atoms with E-state index in [0.717, 1.165) is 56.5 Å². The van der Waals surface area contributed by atoms with Gasteiger partial charge in [-0.1, -0.05) is 183 Å². The lowest BCUT2D eigenvalue weighted by atomic mass is 9.52. The molecule has 0 amide bonds. The molecule has 0 aliphatic heterocycles. The first-order valence-corrected chi connectivity index (χ1v) is 26.7. The second-order valence-electron chi connectivity index (χ2n) is 20.9. The maximum Gasteiger partial charge on any atom is 0.152 e. The summed E-state index contributed by atoms with van der Waals surface area (Å²) < 4.78 is 45.9. The van der Waals surface area contributed by atoms with Crippen LogP contribution >= 0.6 is 101 Å². The number of halogens is 5. The first-order chi connectivity index (χ1) is 27.4. The maximum absolute atomic E-state index is 16.6. The van der Waals surface area contributed by atoms with E-state index in [9.17, 15) is 4.39 Å². The molecule has 14 unspecified atom stereocenters. The molecule has 4 aromatic carbocycles. The van der Waals surface area contributed by atoms with Gasteiger partial charge < -0.3 is 0 Å². The Hall–Kier alpha value is 1.03. The van der Waals surface area contributed by atoms with Crippen LogP contribution in [0.5, 0.6) is 0 Å². The molecule has 0 saturated carbocycles. The average Bonchev–Trinajstić information content (AvgIpc) is 3.09. The third kappa shape index (κ3) is 13.2. The van der Waals surface area contributed by atoms with Crippen molar-refractivity contribution in [2.24, 2.45) is 5.41 Å². The average molecular weight is 1160 g/mol. The maximum atomic E-state index is 16.6. The number of rotatable bonds is 16. The third-order valence-corrected chi connectivity index (χ3v) is 22.7. The summed E-state index contributed by atoms with van der Waals surface area (Å²) in [6.45, 7) is 14.0. The van der Waals surface area contributed by atoms with Crippen molar-refractivity contribution in [3.63, 3.8) is 0 Å². The molecular formula is C45H66B5F3I2P6. The van der Waals surface area contributed by atoms with Crippen molar-refractivity contribution in [1.29, 1.82) is 0 Å². The van der Waals surface area contributed by atoms with Crippen molar-refractivity contribution < 1.29 is 13.2 Å². The summed E-state index contributed by atoms with van der Waals surface area (Å²) in [5.41, 5.74) is 9.52. The van der Waals surface area contributed by atoms with Crippen molar-refractivity contribution in [1.82, 2.24) is 0 Å². The summed E-state index contributed by atoms with van der Waals surface area (Å²) in [5.74, 6) is -0.217. The van der Waals surface area contributed by atoms with Crippen molar-refractivity contribution >= 4 is 140 Å². The molecular weight excluding hydrogens is 1090 g/mol. The fourth-order valence-electron chi connectivity index (χ4n) is 7.33. The second kappa shape index (κ2) is 19.6. The molecule has 0 aliphatic rings. The lowest BCUT2D eigenvalue weighted by Gasteiger charge is -2.49. The molecule has 0 bridgehead atoms. The Labute approximate surface area is 413 Å². The van der Waals surface area contributed by atoms with E-state index in [4.69, 9.17) is 0 Å². The molecule has 0 fully saturated rings. The Morgan fingerprint density at radius 2 is 0.836 bits per heavy atom. The van der Waals surface area contributed by atoms with Gasteiger partial charge in [-0.2, -0.15) is 0 Å². The van der Waals surface area contributed by atoms with Crippen LogP contribution in [0.2, 0.25) is 11.1 Å². The van der Waals surface area contributed by atoms with Gasteiger partial charge in [-0.3, -0.25) is 4.39 Å². The Morgan fingerprint density at radius 3 is 1.18 bits per heavy atom. The van der Waals surface area contributed by atoms with Gasteiger partial charge in [0.25, 0.3) is 0 Å². The predicted molar refractivity (Wildman–Crippen MR) is 318 cm³/mol. The lowest BCUT2D eigenvalue weighted by molar-refractivity contribution is 0.201. The van der Waals surface area contributed by atoms with Crippen molar-refractivity contribution in [2.75, 3.05) is 0 Å². The SMILES string of the molecule is BC(Cc1cc(CC(B)(P)C(C)(F)P)cc(-c2ccc(-c3ccc(-c4cc(CC(P)(I)C(B)(F)C(B)(C)C)cc(CC(P)(I)C(B)(P)C(C)(C)C)c4)cc3)cc2)c1)C(C)(F)P. The Morgan fingerprint density at radius 1 is 0.508 bits per heavy atom. The van der Waals surface area contributed by atoms with Crippen LogP contribution in [0.4, 0.5) is 13.2 Å². The van der Waals surface area contributed by atoms with Crippen LogP contribution in [-0.2, 0) is 25.7 Å². The minimum absolute atomic E-state index is 0.0388. The zero-order valence-electron chi connectivity index (χ0n) is 38.3. The number of hydrogen-bond acceptors (Lipinski definition) is 0. The summed E-state index contributed by atoms with van der Waals surface area (Å²) in [4.78, 5) is 0. The van der Waals surface area contributed by atoms with Crippen LogP contribution in [0.25, 0.3) is 33.4 Å². The lowest BCUT2D eigenvalue weighted by Crippen LogP contribution is -2.52. The van der Waals surface area contributed by atoms with Gasteiger partial charge in [0.15, 0.2) is 7.85 Å². The fourth-order valence-corrected chi connectivity index (χ4v) is 11.7. The summed E-state index contributed by atoms with van der Waals surface area (Å²) in [7, 11) is 26.5. The van der Waals surface area contributed by atoms with E-state index < -0.39 is 29.9 Å². The van der Waals surface area contributed by atoms with Crippen LogP contribution in [0.15, 0.2) is 84.9 Å². The summed E-state index contributed by atoms with van der Waals surface area (Å²) in [6.07, 6.45) is 2.48. The Bertz CT molecular complexity index is 2100. The molecule has 0 heterocycles. The molecule has 0 nitrogen and oxygen atoms in total. The summed E-state index contributed by atoms with van der Waals surface area (Å²) in [6, 6.07) is 30.6. The highest BCUT2D eigenvalue weighted by molar-refractivity contribution is 14.1. The van der Waals surface area contributed by atoms with Crippen molar-refractivity contribution in [3.05, 3.63) is 107 Å². The molecule has 326 valence electrons. The quantitative estimate of drug-likeness (QED) is 0.0454. The predicted octanol–water partition coefficient (Wildman–Crippen LogP) is 10.00. The third-order valence-electron chi connectivity index (χ3n) is 13.6. The molecule has 0 aliphatic carbocycles. The van der Waals surface area contributed by atoms with E-state index in [0.29, 0.717) is 19.3 Å². The van der Waals surface area contributed by atoms with Gasteiger partial charge >= 0.3 is 0 Å². The largest absolute Gasteiger partial charge is 0.253 e. The smallest absolute Gasteiger partial charge is 0.152 e. The first kappa shape index (κ1) is 54.6. The van der Waals surface area contributed by atoms with Gasteiger partial charge in [0.05, 0.1) is 8.73 Å². The van der Waals surface area contributed by atoms with Crippen LogP contribution in [0.1, 0.15) is 70.7 Å². The van der Waals surface area contributed by atoms with Gasteiger partial charge in [-0.25, -0.2) is 8.78 Å². The minimum Gasteiger partial charge on any atom is -0.253 e. The van der Waals surface area contributed by atoms with E-state index in [1.807, 2.05) is 37.4 Å². The highest BCUT2D eigenvalue weighted by Crippen LogP contribution is 2.55. The zero-order chi connectivity index (χ0) is 46.6. The van der Waals surface area contributed by atoms with Crippen LogP contribution < -0.4 is 0 Å². The number of benzene rings is 4. The molecule has 0 spiro atoms. The summed E-state index contributed by atoms with van der Waals surface area (Å²) in [5, 5.41) is -4.23. The van der Waals surface area contributed by atoms with E-state index in [1.165, 1.54) is 5.56 Å². The first-order valence-electron chi connectivity index (χ1n) is 21.0. The topological polar surface area (TPSA) is 0 Å². The van der Waals surface area contributed by atoms with Crippen LogP contribution in [-0.4, -0.2) is 72.1 Å². The van der Waals surface area contributed by atoms with E-state index in [-0.39, 0.29) is 19.5 Å². The molecule has 4 aromatic rings. The van der Waals surface area contributed by atoms with Crippen LogP contribution in [0.3, 0.4) is 0 Å². The second-order valence-corrected chi connectivity index (χ2v) is 33.8. The zero-order valence-corrected chi connectivity index (χ0v) is 49.6. The van der Waals surface area contributed by atoms with Crippen molar-refractivity contribution in [2.45, 2.75) is 118 Å². The Balaban J connectivity index is 1.72. The van der Waals surface area contributed by atoms with Gasteiger partial charge in [-0.15, -0.1) is 37.0 Å². The standard InChI is InChI=1S/C45H66B5F3I2P6/c1-37(2,3)45(50,61)43(55,60)25-29-17-28(24-42(54,59)44(49,53)38(4,5)47)20-35(21-29)33-14-10-31(11-15-33)30-8-12-32(13-9-30)34-18-26(22-36(46)39(6,51)56)16-27(19-34)23-41(48,58)40(7,52)57/h8-21,36H,22-25,46-50,56-61H2,1-7H3. The molecule has 0 saturated heterocycles. The van der Waals surface area contributed by atoms with Gasteiger partial charge in [0.1, 0.15) is 42.2 Å². The van der Waals surface area contributed by atoms with Gasteiger partial charge in [-0.05, 0) is 122 Å². The molecule has 0 radical (unpaired) electrons. The van der Waals surface area contributed by atoms with E-state index >= 15 is 8.78 Å². The highest BCUT2D eigenvalue weighted by Gasteiger charge is 2.51. The number of hydrogen-bond donors (Lipinski definition) is 0.